The lowest BCUT2D eigenvalue weighted by molar-refractivity contribution is 0.420. The Bertz CT molecular complexity index is 412. The average Bonchev–Trinajstić information content (AvgIpc) is 2.49. The average molecular weight is 274 g/mol. The van der Waals surface area contributed by atoms with Gasteiger partial charge in [-0.25, -0.2) is 0 Å². The first-order valence-corrected chi connectivity index (χ1v) is 8.82. The molecule has 0 heterocycles. The summed E-state index contributed by atoms with van der Waals surface area (Å²) in [5, 5.41) is 1.48. The van der Waals surface area contributed by atoms with Crippen molar-refractivity contribution >= 4 is 14.5 Å². The third-order valence-electron chi connectivity index (χ3n) is 5.23. The Labute approximate surface area is 120 Å². The molecule has 0 bridgehead atoms. The predicted octanol–water partition coefficient (Wildman–Crippen LogP) is 5.28. The lowest BCUT2D eigenvalue weighted by Gasteiger charge is -2.30. The van der Waals surface area contributed by atoms with Crippen molar-refractivity contribution in [3.05, 3.63) is 29.3 Å². The Hall–Kier alpha value is -0.350. The highest BCUT2D eigenvalue weighted by Gasteiger charge is 2.24. The second-order valence-corrected chi connectivity index (χ2v) is 7.14. The monoisotopic (exact) mass is 274 g/mol. The number of rotatable bonds is 2. The van der Waals surface area contributed by atoms with Gasteiger partial charge in [0.2, 0.25) is 0 Å². The van der Waals surface area contributed by atoms with Gasteiger partial charge in [0.15, 0.2) is 0 Å². The Morgan fingerprint density at radius 2 is 1.32 bits per heavy atom. The van der Waals surface area contributed by atoms with Gasteiger partial charge < -0.3 is 0 Å². The zero-order valence-corrected chi connectivity index (χ0v) is 13.2. The number of hydrogen-bond acceptors (Lipinski definition) is 0. The highest BCUT2D eigenvalue weighted by Crippen LogP contribution is 2.40. The molecule has 0 saturated heterocycles. The zero-order valence-electron chi connectivity index (χ0n) is 12.0. The fourth-order valence-electron chi connectivity index (χ4n) is 4.23. The molecule has 0 aliphatic heterocycles. The molecule has 3 rings (SSSR count). The molecule has 2 aliphatic carbocycles. The Morgan fingerprint density at radius 1 is 0.737 bits per heavy atom. The molecular weight excluding hydrogens is 247 g/mol. The second kappa shape index (κ2) is 6.40. The fraction of sp³-hybridized carbons (Fsp3) is 0.667. The van der Waals surface area contributed by atoms with E-state index in [2.05, 4.69) is 27.4 Å². The van der Waals surface area contributed by atoms with E-state index in [0.29, 0.717) is 0 Å². The highest BCUT2D eigenvalue weighted by atomic mass is 31.0. The summed E-state index contributed by atoms with van der Waals surface area (Å²) < 4.78 is 0. The summed E-state index contributed by atoms with van der Waals surface area (Å²) in [5.74, 6) is 1.70. The van der Waals surface area contributed by atoms with Crippen molar-refractivity contribution in [3.8, 4) is 0 Å². The van der Waals surface area contributed by atoms with Crippen LogP contribution in [-0.2, 0) is 0 Å². The van der Waals surface area contributed by atoms with Gasteiger partial charge in [0, 0.05) is 0 Å². The van der Waals surface area contributed by atoms with Crippen LogP contribution in [0.4, 0.5) is 0 Å². The molecule has 2 aliphatic rings. The summed E-state index contributed by atoms with van der Waals surface area (Å²) in [5.41, 5.74) is 3.43. The van der Waals surface area contributed by atoms with E-state index in [9.17, 15) is 0 Å². The van der Waals surface area contributed by atoms with Crippen molar-refractivity contribution in [2.24, 2.45) is 0 Å². The SMILES string of the molecule is Pc1cccc(C2CCCCC2)c1C1CCCCC1. The number of hydrogen-bond donors (Lipinski definition) is 0. The van der Waals surface area contributed by atoms with Gasteiger partial charge in [-0.2, -0.15) is 0 Å². The quantitative estimate of drug-likeness (QED) is 0.643. The minimum Gasteiger partial charge on any atom is -0.105 e. The third-order valence-corrected chi connectivity index (χ3v) is 5.74. The molecule has 0 aromatic heterocycles. The summed E-state index contributed by atoms with van der Waals surface area (Å²) in [6.07, 6.45) is 14.4. The standard InChI is InChI=1S/C18H27P/c19-17-13-7-12-16(14-8-3-1-4-9-14)18(17)15-10-5-2-6-11-15/h7,12-15H,1-6,8-11,19H2. The largest absolute Gasteiger partial charge is 0.105 e. The van der Waals surface area contributed by atoms with Crippen LogP contribution in [0.3, 0.4) is 0 Å². The van der Waals surface area contributed by atoms with Gasteiger partial charge in [0.25, 0.3) is 0 Å². The van der Waals surface area contributed by atoms with Crippen LogP contribution in [0.2, 0.25) is 0 Å². The Kier molecular flexibility index (Phi) is 4.59. The van der Waals surface area contributed by atoms with Crippen molar-refractivity contribution < 1.29 is 0 Å². The van der Waals surface area contributed by atoms with Crippen LogP contribution in [-0.4, -0.2) is 0 Å². The van der Waals surface area contributed by atoms with E-state index in [1.807, 2.05) is 0 Å². The van der Waals surface area contributed by atoms with E-state index in [-0.39, 0.29) is 0 Å². The van der Waals surface area contributed by atoms with Crippen molar-refractivity contribution in [3.63, 3.8) is 0 Å². The normalized spacial score (nSPS) is 22.6. The highest BCUT2D eigenvalue weighted by molar-refractivity contribution is 7.27. The molecule has 1 aromatic rings. The van der Waals surface area contributed by atoms with E-state index >= 15 is 0 Å². The van der Waals surface area contributed by atoms with Crippen molar-refractivity contribution in [2.75, 3.05) is 0 Å². The predicted molar refractivity (Wildman–Crippen MR) is 87.4 cm³/mol. The molecule has 1 aromatic carbocycles. The molecule has 0 nitrogen and oxygen atoms in total. The van der Waals surface area contributed by atoms with Gasteiger partial charge in [0.05, 0.1) is 0 Å². The molecule has 104 valence electrons. The molecular formula is C18H27P. The molecule has 0 radical (unpaired) electrons. The van der Waals surface area contributed by atoms with Crippen LogP contribution in [0.15, 0.2) is 18.2 Å². The van der Waals surface area contributed by atoms with Crippen molar-refractivity contribution in [1.29, 1.82) is 0 Å². The molecule has 2 saturated carbocycles. The van der Waals surface area contributed by atoms with Gasteiger partial charge >= 0.3 is 0 Å². The molecule has 2 fully saturated rings. The van der Waals surface area contributed by atoms with Gasteiger partial charge in [-0.05, 0) is 54.0 Å². The van der Waals surface area contributed by atoms with E-state index in [4.69, 9.17) is 0 Å². The fourth-order valence-corrected chi connectivity index (χ4v) is 4.75. The van der Waals surface area contributed by atoms with E-state index < -0.39 is 0 Å². The first kappa shape index (κ1) is 13.6. The van der Waals surface area contributed by atoms with Gasteiger partial charge in [-0.3, -0.25) is 0 Å². The van der Waals surface area contributed by atoms with Gasteiger partial charge in [0.1, 0.15) is 0 Å². The maximum absolute atomic E-state index is 3.01. The van der Waals surface area contributed by atoms with Crippen molar-refractivity contribution in [2.45, 2.75) is 76.0 Å². The summed E-state index contributed by atoms with van der Waals surface area (Å²) in [6.45, 7) is 0. The lowest BCUT2D eigenvalue weighted by atomic mass is 9.76. The van der Waals surface area contributed by atoms with Crippen LogP contribution in [0.1, 0.15) is 87.2 Å². The molecule has 1 unspecified atom stereocenters. The maximum atomic E-state index is 3.01. The first-order chi connectivity index (χ1) is 9.36. The molecule has 1 heteroatoms. The van der Waals surface area contributed by atoms with Crippen LogP contribution in [0.5, 0.6) is 0 Å². The van der Waals surface area contributed by atoms with Crippen LogP contribution in [0, 0.1) is 0 Å². The molecule has 0 N–H and O–H groups in total. The summed E-state index contributed by atoms with van der Waals surface area (Å²) in [6, 6.07) is 7.02. The van der Waals surface area contributed by atoms with E-state index in [0.717, 1.165) is 11.8 Å². The molecule has 0 spiro atoms. The topological polar surface area (TPSA) is 0 Å². The summed E-state index contributed by atoms with van der Waals surface area (Å²) >= 11 is 0. The lowest BCUT2D eigenvalue weighted by Crippen LogP contribution is -2.18. The van der Waals surface area contributed by atoms with Crippen molar-refractivity contribution in [1.82, 2.24) is 0 Å². The first-order valence-electron chi connectivity index (χ1n) is 8.24. The minimum absolute atomic E-state index is 0.847. The van der Waals surface area contributed by atoms with E-state index in [1.165, 1.54) is 69.5 Å². The second-order valence-electron chi connectivity index (χ2n) is 6.52. The maximum Gasteiger partial charge on any atom is -0.0153 e. The Balaban J connectivity index is 1.91. The summed E-state index contributed by atoms with van der Waals surface area (Å²) in [4.78, 5) is 0. The van der Waals surface area contributed by atoms with Crippen LogP contribution >= 0.6 is 9.24 Å². The van der Waals surface area contributed by atoms with E-state index in [1.54, 1.807) is 11.1 Å². The van der Waals surface area contributed by atoms with Crippen LogP contribution in [0.25, 0.3) is 0 Å². The van der Waals surface area contributed by atoms with Gasteiger partial charge in [-0.15, -0.1) is 9.24 Å². The molecule has 1 atom stereocenters. The molecule has 0 amide bonds. The summed E-state index contributed by atoms with van der Waals surface area (Å²) in [7, 11) is 3.01. The molecule has 19 heavy (non-hydrogen) atoms. The Morgan fingerprint density at radius 3 is 1.95 bits per heavy atom. The van der Waals surface area contributed by atoms with Crippen LogP contribution < -0.4 is 5.30 Å². The smallest absolute Gasteiger partial charge is 0.0153 e. The van der Waals surface area contributed by atoms with Gasteiger partial charge in [-0.1, -0.05) is 56.7 Å². The number of benzene rings is 1. The zero-order chi connectivity index (χ0) is 13.1. The minimum atomic E-state index is 0.847. The third kappa shape index (κ3) is 3.05.